The van der Waals surface area contributed by atoms with Crippen LogP contribution in [0.3, 0.4) is 0 Å². The second-order valence-corrected chi connectivity index (χ2v) is 8.51. The lowest BCUT2D eigenvalue weighted by Gasteiger charge is -2.22. The van der Waals surface area contributed by atoms with Crippen molar-refractivity contribution in [3.8, 4) is 11.5 Å². The SMILES string of the molecule is COc1cccc(C(=O)OCC(=O)N2c3ccc(S(N)(=O)=O)cc3CC2C)c1OC(F)F. The summed E-state index contributed by atoms with van der Waals surface area (Å²) in [5.74, 6) is -2.23. The Morgan fingerprint density at radius 3 is 2.59 bits per heavy atom. The molecular formula is C20H20F2N2O7S. The van der Waals surface area contributed by atoms with Gasteiger partial charge in [-0.05, 0) is 49.2 Å². The highest BCUT2D eigenvalue weighted by atomic mass is 32.2. The van der Waals surface area contributed by atoms with Gasteiger partial charge in [0.2, 0.25) is 10.0 Å². The minimum atomic E-state index is -3.90. The normalized spacial score (nSPS) is 15.4. The van der Waals surface area contributed by atoms with Gasteiger partial charge in [0.1, 0.15) is 5.56 Å². The topological polar surface area (TPSA) is 125 Å². The van der Waals surface area contributed by atoms with E-state index in [4.69, 9.17) is 14.6 Å². The van der Waals surface area contributed by atoms with Gasteiger partial charge in [0.25, 0.3) is 5.91 Å². The number of halogens is 2. The number of nitrogens with zero attached hydrogens (tertiary/aromatic N) is 1. The molecule has 0 bridgehead atoms. The van der Waals surface area contributed by atoms with Crippen LogP contribution in [0.1, 0.15) is 22.8 Å². The quantitative estimate of drug-likeness (QED) is 0.614. The number of methoxy groups -OCH3 is 1. The van der Waals surface area contributed by atoms with Crippen molar-refractivity contribution in [1.29, 1.82) is 0 Å². The zero-order chi connectivity index (χ0) is 23.6. The number of esters is 1. The molecule has 9 nitrogen and oxygen atoms in total. The maximum Gasteiger partial charge on any atom is 0.387 e. The van der Waals surface area contributed by atoms with E-state index in [1.54, 1.807) is 6.92 Å². The number of benzene rings is 2. The number of primary sulfonamides is 1. The number of hydrogen-bond donors (Lipinski definition) is 1. The molecular weight excluding hydrogens is 450 g/mol. The van der Waals surface area contributed by atoms with E-state index < -0.39 is 40.9 Å². The molecule has 3 rings (SSSR count). The molecule has 0 fully saturated rings. The molecule has 1 aliphatic heterocycles. The summed E-state index contributed by atoms with van der Waals surface area (Å²) in [5, 5.41) is 5.15. The Kier molecular flexibility index (Phi) is 6.65. The van der Waals surface area contributed by atoms with Gasteiger partial charge < -0.3 is 19.1 Å². The molecule has 0 aromatic heterocycles. The summed E-state index contributed by atoms with van der Waals surface area (Å²) in [6.45, 7) is -2.14. The molecule has 12 heteroatoms. The van der Waals surface area contributed by atoms with Crippen LogP contribution in [0.25, 0.3) is 0 Å². The number of amides is 1. The summed E-state index contributed by atoms with van der Waals surface area (Å²) >= 11 is 0. The van der Waals surface area contributed by atoms with Crippen molar-refractivity contribution in [1.82, 2.24) is 0 Å². The Balaban J connectivity index is 1.77. The van der Waals surface area contributed by atoms with Crippen molar-refractivity contribution < 1.29 is 41.0 Å². The Bertz CT molecular complexity index is 1150. The Morgan fingerprint density at radius 2 is 1.97 bits per heavy atom. The average Bonchev–Trinajstić information content (AvgIpc) is 3.05. The van der Waals surface area contributed by atoms with E-state index >= 15 is 0 Å². The average molecular weight is 470 g/mol. The van der Waals surface area contributed by atoms with Crippen LogP contribution in [0.2, 0.25) is 0 Å². The standard InChI is InChI=1S/C20H20F2N2O7S/c1-11-8-12-9-13(32(23,27)28)6-7-15(12)24(11)17(25)10-30-19(26)14-4-3-5-16(29-2)18(14)31-20(21)22/h3-7,9,11,20H,8,10H2,1-2H3,(H2,23,27,28). The molecule has 1 unspecified atom stereocenters. The molecule has 0 saturated heterocycles. The van der Waals surface area contributed by atoms with Crippen molar-refractivity contribution >= 4 is 27.6 Å². The number of sulfonamides is 1. The Morgan fingerprint density at radius 1 is 1.25 bits per heavy atom. The van der Waals surface area contributed by atoms with E-state index in [0.29, 0.717) is 17.7 Å². The number of nitrogens with two attached hydrogens (primary N) is 1. The molecule has 0 radical (unpaired) electrons. The first-order chi connectivity index (χ1) is 15.0. The number of ether oxygens (including phenoxy) is 3. The zero-order valence-electron chi connectivity index (χ0n) is 17.1. The number of fused-ring (bicyclic) bond motifs is 1. The number of carbonyl (C=O) groups is 2. The fraction of sp³-hybridized carbons (Fsp3) is 0.300. The Hall–Kier alpha value is -3.25. The van der Waals surface area contributed by atoms with Crippen LogP contribution in [0.4, 0.5) is 14.5 Å². The van der Waals surface area contributed by atoms with E-state index in [1.165, 1.54) is 48.4 Å². The first-order valence-electron chi connectivity index (χ1n) is 9.29. The number of carbonyl (C=O) groups excluding carboxylic acids is 2. The molecule has 1 heterocycles. The number of rotatable bonds is 7. The second kappa shape index (κ2) is 9.09. The van der Waals surface area contributed by atoms with Gasteiger partial charge in [0.15, 0.2) is 18.1 Å². The maximum absolute atomic E-state index is 12.8. The van der Waals surface area contributed by atoms with Crippen LogP contribution in [-0.2, 0) is 26.0 Å². The van der Waals surface area contributed by atoms with E-state index in [2.05, 4.69) is 4.74 Å². The van der Waals surface area contributed by atoms with Crippen molar-refractivity contribution in [2.45, 2.75) is 30.9 Å². The molecule has 0 saturated carbocycles. The molecule has 2 aromatic carbocycles. The predicted molar refractivity (Wildman–Crippen MR) is 108 cm³/mol. The highest BCUT2D eigenvalue weighted by Gasteiger charge is 2.32. The molecule has 2 aromatic rings. The van der Waals surface area contributed by atoms with E-state index in [1.807, 2.05) is 0 Å². The molecule has 1 aliphatic rings. The Labute approximate surface area is 182 Å². The van der Waals surface area contributed by atoms with Crippen LogP contribution in [0, 0.1) is 0 Å². The summed E-state index contributed by atoms with van der Waals surface area (Å²) in [7, 11) is -2.68. The van der Waals surface area contributed by atoms with Crippen LogP contribution < -0.4 is 19.5 Å². The number of alkyl halides is 2. The monoisotopic (exact) mass is 470 g/mol. The zero-order valence-corrected chi connectivity index (χ0v) is 17.9. The maximum atomic E-state index is 12.8. The first kappa shape index (κ1) is 23.4. The van der Waals surface area contributed by atoms with Gasteiger partial charge in [-0.3, -0.25) is 4.79 Å². The van der Waals surface area contributed by atoms with Gasteiger partial charge in [0, 0.05) is 11.7 Å². The van der Waals surface area contributed by atoms with E-state index in [9.17, 15) is 26.8 Å². The second-order valence-electron chi connectivity index (χ2n) is 6.94. The highest BCUT2D eigenvalue weighted by molar-refractivity contribution is 7.89. The molecule has 0 spiro atoms. The number of hydrogen-bond acceptors (Lipinski definition) is 7. The lowest BCUT2D eigenvalue weighted by Crippen LogP contribution is -2.38. The minimum absolute atomic E-state index is 0.0752. The van der Waals surface area contributed by atoms with Gasteiger partial charge in [-0.2, -0.15) is 8.78 Å². The summed E-state index contributed by atoms with van der Waals surface area (Å²) in [5.41, 5.74) is 0.739. The van der Waals surface area contributed by atoms with Gasteiger partial charge in [-0.1, -0.05) is 6.07 Å². The van der Waals surface area contributed by atoms with Crippen LogP contribution in [-0.4, -0.2) is 46.7 Å². The predicted octanol–water partition coefficient (Wildman–Crippen LogP) is 2.08. The molecule has 0 aliphatic carbocycles. The number of para-hydroxylation sites is 1. The summed E-state index contributed by atoms with van der Waals surface area (Å²) < 4.78 is 63.0. The third-order valence-electron chi connectivity index (χ3n) is 4.82. The summed E-state index contributed by atoms with van der Waals surface area (Å²) in [6, 6.07) is 7.72. The molecule has 2 N–H and O–H groups in total. The van der Waals surface area contributed by atoms with Gasteiger partial charge in [0.05, 0.1) is 12.0 Å². The lowest BCUT2D eigenvalue weighted by molar-refractivity contribution is -0.122. The summed E-state index contributed by atoms with van der Waals surface area (Å²) in [4.78, 5) is 26.5. The van der Waals surface area contributed by atoms with Crippen molar-refractivity contribution in [3.05, 3.63) is 47.5 Å². The van der Waals surface area contributed by atoms with Crippen LogP contribution in [0.5, 0.6) is 11.5 Å². The number of anilines is 1. The van der Waals surface area contributed by atoms with Crippen molar-refractivity contribution in [2.75, 3.05) is 18.6 Å². The third kappa shape index (κ3) is 4.81. The highest BCUT2D eigenvalue weighted by Crippen LogP contribution is 2.35. The minimum Gasteiger partial charge on any atom is -0.493 e. The first-order valence-corrected chi connectivity index (χ1v) is 10.8. The van der Waals surface area contributed by atoms with Gasteiger partial charge in [-0.15, -0.1) is 0 Å². The molecule has 1 amide bonds. The molecule has 172 valence electrons. The lowest BCUT2D eigenvalue weighted by atomic mass is 10.1. The van der Waals surface area contributed by atoms with Gasteiger partial charge >= 0.3 is 12.6 Å². The van der Waals surface area contributed by atoms with Crippen molar-refractivity contribution in [3.63, 3.8) is 0 Å². The fourth-order valence-corrected chi connectivity index (χ4v) is 4.05. The fourth-order valence-electron chi connectivity index (χ4n) is 3.49. The third-order valence-corrected chi connectivity index (χ3v) is 5.73. The van der Waals surface area contributed by atoms with Crippen LogP contribution >= 0.6 is 0 Å². The molecule has 32 heavy (non-hydrogen) atoms. The van der Waals surface area contributed by atoms with Gasteiger partial charge in [-0.25, -0.2) is 18.4 Å². The smallest absolute Gasteiger partial charge is 0.387 e. The van der Waals surface area contributed by atoms with Crippen molar-refractivity contribution in [2.24, 2.45) is 5.14 Å². The molecule has 1 atom stereocenters. The van der Waals surface area contributed by atoms with E-state index in [-0.39, 0.29) is 22.3 Å². The summed E-state index contributed by atoms with van der Waals surface area (Å²) in [6.07, 6.45) is 0.376. The van der Waals surface area contributed by atoms with E-state index in [0.717, 1.165) is 0 Å². The largest absolute Gasteiger partial charge is 0.493 e. The van der Waals surface area contributed by atoms with Crippen LogP contribution in [0.15, 0.2) is 41.3 Å².